The van der Waals surface area contributed by atoms with Crippen LogP contribution < -0.4 is 11.2 Å². The van der Waals surface area contributed by atoms with Crippen molar-refractivity contribution in [3.63, 3.8) is 0 Å². The summed E-state index contributed by atoms with van der Waals surface area (Å²) in [7, 11) is 1.55. The number of carbonyl (C=O) groups excluding carboxylic acids is 1. The lowest BCUT2D eigenvalue weighted by atomic mass is 10.1. The van der Waals surface area contributed by atoms with E-state index in [2.05, 4.69) is 0 Å². The number of imidazole rings is 2. The van der Waals surface area contributed by atoms with Crippen molar-refractivity contribution in [2.45, 2.75) is 26.8 Å². The van der Waals surface area contributed by atoms with E-state index in [1.54, 1.807) is 18.4 Å². The van der Waals surface area contributed by atoms with E-state index in [4.69, 9.17) is 16.6 Å². The molecule has 1 unspecified atom stereocenters. The summed E-state index contributed by atoms with van der Waals surface area (Å²) in [6, 6.07) is 14.5. The fourth-order valence-corrected chi connectivity index (χ4v) is 4.44. The van der Waals surface area contributed by atoms with Gasteiger partial charge < -0.3 is 0 Å². The van der Waals surface area contributed by atoms with Crippen LogP contribution in [0.1, 0.15) is 25.5 Å². The van der Waals surface area contributed by atoms with E-state index >= 15 is 0 Å². The third-order valence-corrected chi connectivity index (χ3v) is 6.73. The maximum Gasteiger partial charge on any atom is 0.333 e. The number of hydrogen-bond acceptors (Lipinski definition) is 4. The summed E-state index contributed by atoms with van der Waals surface area (Å²) in [4.78, 5) is 43.3. The van der Waals surface area contributed by atoms with Gasteiger partial charge in [0.2, 0.25) is 5.78 Å². The number of benzene rings is 2. The van der Waals surface area contributed by atoms with Crippen LogP contribution in [0.2, 0.25) is 5.02 Å². The van der Waals surface area contributed by atoms with Crippen LogP contribution in [0.3, 0.4) is 0 Å². The highest BCUT2D eigenvalue weighted by molar-refractivity contribution is 6.31. The lowest BCUT2D eigenvalue weighted by Crippen LogP contribution is -2.42. The van der Waals surface area contributed by atoms with Crippen molar-refractivity contribution >= 4 is 34.3 Å². The number of nitrogens with zero attached hydrogens (tertiary/aromatic N) is 5. The van der Waals surface area contributed by atoms with Crippen LogP contribution in [-0.4, -0.2) is 28.9 Å². The second-order valence-electron chi connectivity index (χ2n) is 8.36. The number of hydrogen-bond donors (Lipinski definition) is 0. The fraction of sp³-hybridized carbons (Fsp3) is 0.200. The smallest absolute Gasteiger partial charge is 0.298 e. The molecule has 0 aliphatic rings. The van der Waals surface area contributed by atoms with Gasteiger partial charge in [-0.25, -0.2) is 9.36 Å². The monoisotopic (exact) mass is 475 g/mol. The van der Waals surface area contributed by atoms with E-state index in [0.29, 0.717) is 10.8 Å². The molecule has 0 amide bonds. The van der Waals surface area contributed by atoms with E-state index in [-0.39, 0.29) is 16.9 Å². The van der Waals surface area contributed by atoms with Crippen LogP contribution >= 0.6 is 11.6 Å². The molecule has 3 heterocycles. The predicted octanol–water partition coefficient (Wildman–Crippen LogP) is 3.92. The van der Waals surface area contributed by atoms with Crippen molar-refractivity contribution in [2.24, 2.45) is 7.05 Å². The molecule has 0 saturated heterocycles. The van der Waals surface area contributed by atoms with Crippen LogP contribution in [0, 0.1) is 6.92 Å². The van der Waals surface area contributed by atoms with Gasteiger partial charge in [-0.15, -0.1) is 0 Å². The third kappa shape index (κ3) is 3.06. The van der Waals surface area contributed by atoms with Crippen LogP contribution in [0.25, 0.3) is 33.9 Å². The lowest BCUT2D eigenvalue weighted by Gasteiger charge is -2.13. The second-order valence-corrected chi connectivity index (χ2v) is 8.76. The highest BCUT2D eigenvalue weighted by Gasteiger charge is 2.25. The number of rotatable bonds is 4. The quantitative estimate of drug-likeness (QED) is 0.394. The molecule has 1 atom stereocenters. The first-order valence-corrected chi connectivity index (χ1v) is 11.2. The predicted molar refractivity (Wildman–Crippen MR) is 132 cm³/mol. The van der Waals surface area contributed by atoms with E-state index in [1.165, 1.54) is 11.5 Å². The minimum Gasteiger partial charge on any atom is -0.298 e. The maximum absolute atomic E-state index is 13.5. The highest BCUT2D eigenvalue weighted by Crippen LogP contribution is 2.32. The van der Waals surface area contributed by atoms with Gasteiger partial charge in [-0.3, -0.25) is 23.1 Å². The fourth-order valence-electron chi connectivity index (χ4n) is 4.27. The number of carbonyl (C=O) groups is 1. The van der Waals surface area contributed by atoms with Gasteiger partial charge >= 0.3 is 5.69 Å². The Morgan fingerprint density at radius 3 is 2.44 bits per heavy atom. The molecule has 8 nitrogen and oxygen atoms in total. The average Bonchev–Trinajstić information content (AvgIpc) is 3.36. The Morgan fingerprint density at radius 1 is 1.06 bits per heavy atom. The number of aryl methyl sites for hydroxylation is 1. The standard InChI is InChI=1S/C25H22ClN5O3/c1-14-18(26)11-8-12-19(14)31-20(17-9-6-5-7-10-17)13-29-21-22(27-24(29)31)28(4)25(34)30(23(21)33)15(2)16(3)32/h5-13,15H,1-4H3. The molecule has 0 N–H and O–H groups in total. The number of halogens is 1. The van der Waals surface area contributed by atoms with E-state index < -0.39 is 17.3 Å². The van der Waals surface area contributed by atoms with Crippen molar-refractivity contribution in [1.82, 2.24) is 23.1 Å². The molecule has 5 rings (SSSR count). The molecule has 0 saturated carbocycles. The van der Waals surface area contributed by atoms with E-state index in [1.807, 2.05) is 66.2 Å². The summed E-state index contributed by atoms with van der Waals surface area (Å²) in [6.07, 6.45) is 1.83. The zero-order valence-corrected chi connectivity index (χ0v) is 19.9. The van der Waals surface area contributed by atoms with Gasteiger partial charge in [0.05, 0.1) is 17.4 Å². The Balaban J connectivity index is 1.98. The first-order chi connectivity index (χ1) is 16.2. The minimum atomic E-state index is -0.896. The average molecular weight is 476 g/mol. The van der Waals surface area contributed by atoms with Crippen molar-refractivity contribution in [2.75, 3.05) is 0 Å². The molecule has 9 heteroatoms. The molecular weight excluding hydrogens is 454 g/mol. The van der Waals surface area contributed by atoms with Crippen LogP contribution in [0.15, 0.2) is 64.3 Å². The van der Waals surface area contributed by atoms with Crippen molar-refractivity contribution in [3.05, 3.63) is 86.2 Å². The first kappa shape index (κ1) is 21.9. The molecule has 172 valence electrons. The van der Waals surface area contributed by atoms with Crippen LogP contribution in [-0.2, 0) is 11.8 Å². The van der Waals surface area contributed by atoms with Crippen LogP contribution in [0.4, 0.5) is 0 Å². The number of fused-ring (bicyclic) bond motifs is 3. The molecule has 0 bridgehead atoms. The summed E-state index contributed by atoms with van der Waals surface area (Å²) in [5.41, 5.74) is 2.69. The Labute approximate surface area is 199 Å². The molecule has 0 spiro atoms. The van der Waals surface area contributed by atoms with E-state index in [0.717, 1.165) is 27.1 Å². The van der Waals surface area contributed by atoms with Gasteiger partial charge in [0.15, 0.2) is 16.9 Å². The molecule has 3 aromatic heterocycles. The number of aromatic nitrogens is 5. The largest absolute Gasteiger partial charge is 0.333 e. The third-order valence-electron chi connectivity index (χ3n) is 6.32. The molecule has 2 aromatic carbocycles. The van der Waals surface area contributed by atoms with Gasteiger partial charge in [-0.1, -0.05) is 48.0 Å². The Kier molecular flexibility index (Phi) is 5.06. The summed E-state index contributed by atoms with van der Waals surface area (Å²) >= 11 is 6.44. The minimum absolute atomic E-state index is 0.223. The molecule has 0 radical (unpaired) electrons. The zero-order valence-electron chi connectivity index (χ0n) is 19.1. The van der Waals surface area contributed by atoms with Gasteiger partial charge in [-0.2, -0.15) is 4.98 Å². The summed E-state index contributed by atoms with van der Waals surface area (Å²) in [5, 5.41) is 0.601. The van der Waals surface area contributed by atoms with Crippen molar-refractivity contribution in [1.29, 1.82) is 0 Å². The summed E-state index contributed by atoms with van der Waals surface area (Å²) < 4.78 is 5.91. The first-order valence-electron chi connectivity index (χ1n) is 10.8. The number of ketones is 1. The second kappa shape index (κ2) is 7.85. The Hall–Kier alpha value is -3.91. The van der Waals surface area contributed by atoms with Gasteiger partial charge in [0, 0.05) is 23.8 Å². The Morgan fingerprint density at radius 2 is 1.76 bits per heavy atom. The number of Topliss-reactive ketones (excluding diaryl/α,β-unsaturated/α-hetero) is 1. The molecule has 0 aliphatic carbocycles. The Bertz CT molecular complexity index is 1720. The molecule has 34 heavy (non-hydrogen) atoms. The topological polar surface area (TPSA) is 83.3 Å². The summed E-state index contributed by atoms with van der Waals surface area (Å²) in [6.45, 7) is 4.83. The summed E-state index contributed by atoms with van der Waals surface area (Å²) in [5.74, 6) is 0.177. The lowest BCUT2D eigenvalue weighted by molar-refractivity contribution is -0.119. The SMILES string of the molecule is CC(=O)C(C)n1c(=O)c2c(nc3n(-c4cccc(Cl)c4C)c(-c4ccccc4)cn23)n(C)c1=O. The van der Waals surface area contributed by atoms with Crippen molar-refractivity contribution in [3.8, 4) is 16.9 Å². The van der Waals surface area contributed by atoms with Crippen LogP contribution in [0.5, 0.6) is 0 Å². The molecule has 0 aliphatic heterocycles. The van der Waals surface area contributed by atoms with E-state index in [9.17, 15) is 14.4 Å². The molecule has 0 fully saturated rings. The maximum atomic E-state index is 13.5. The van der Waals surface area contributed by atoms with Gasteiger partial charge in [-0.05, 0) is 38.5 Å². The molecular formula is C25H22ClN5O3. The zero-order chi connectivity index (χ0) is 24.3. The van der Waals surface area contributed by atoms with Gasteiger partial charge in [0.25, 0.3) is 5.56 Å². The van der Waals surface area contributed by atoms with Gasteiger partial charge in [0.1, 0.15) is 0 Å². The normalized spacial score (nSPS) is 12.5. The van der Waals surface area contributed by atoms with Crippen molar-refractivity contribution < 1.29 is 4.79 Å². The molecule has 5 aromatic rings. The highest BCUT2D eigenvalue weighted by atomic mass is 35.5.